The molecule has 0 heterocycles. The first-order valence-electron chi connectivity index (χ1n) is 3.42. The molecule has 1 aromatic carbocycles. The maximum absolute atomic E-state index is 13.1. The van der Waals surface area contributed by atoms with Gasteiger partial charge in [0.15, 0.2) is 12.6 Å². The molecule has 72 valence electrons. The zero-order valence-corrected chi connectivity index (χ0v) is 9.15. The Morgan fingerprint density at radius 3 is 2.85 bits per heavy atom. The maximum atomic E-state index is 13.1. The van der Waals surface area contributed by atoms with E-state index in [1.165, 1.54) is 13.2 Å². The molecular weight excluding hydrogens is 262 g/mol. The smallest absolute Gasteiger partial charge is 0.188 e. The maximum Gasteiger partial charge on any atom is 0.188 e. The predicted octanol–water partition coefficient (Wildman–Crippen LogP) is 3.22. The lowest BCUT2D eigenvalue weighted by molar-refractivity contribution is 0.0510. The van der Waals surface area contributed by atoms with Gasteiger partial charge in [0.05, 0.1) is 4.47 Å². The van der Waals surface area contributed by atoms with E-state index in [1.54, 1.807) is 6.07 Å². The van der Waals surface area contributed by atoms with Crippen LogP contribution in [0, 0.1) is 5.82 Å². The highest BCUT2D eigenvalue weighted by Crippen LogP contribution is 2.31. The Labute approximate surface area is 88.7 Å². The Balaban J connectivity index is 2.90. The zero-order chi connectivity index (χ0) is 9.84. The van der Waals surface area contributed by atoms with Crippen LogP contribution in [0.4, 0.5) is 4.39 Å². The van der Waals surface area contributed by atoms with Crippen LogP contribution in [0.5, 0.6) is 5.75 Å². The number of hydrogen-bond donors (Lipinski definition) is 0. The van der Waals surface area contributed by atoms with Crippen molar-refractivity contribution in [2.75, 3.05) is 13.9 Å². The van der Waals surface area contributed by atoms with Gasteiger partial charge in [-0.15, -0.1) is 0 Å². The minimum absolute atomic E-state index is 0.0425. The van der Waals surface area contributed by atoms with Crippen molar-refractivity contribution >= 4 is 27.5 Å². The van der Waals surface area contributed by atoms with Gasteiger partial charge in [0, 0.05) is 7.11 Å². The third-order valence-electron chi connectivity index (χ3n) is 1.33. The molecule has 0 aliphatic carbocycles. The summed E-state index contributed by atoms with van der Waals surface area (Å²) >= 11 is 8.65. The Morgan fingerprint density at radius 1 is 1.54 bits per heavy atom. The van der Waals surface area contributed by atoms with Crippen LogP contribution in [-0.4, -0.2) is 13.9 Å². The van der Waals surface area contributed by atoms with Gasteiger partial charge in [-0.05, 0) is 28.1 Å². The zero-order valence-electron chi connectivity index (χ0n) is 6.81. The molecule has 2 nitrogen and oxygen atoms in total. The minimum atomic E-state index is -0.532. The standard InChI is InChI=1S/C8H7BrClFO2/c1-12-4-13-6-3-2-5(9)8(11)7(6)10/h2-3H,4H2,1H3. The monoisotopic (exact) mass is 268 g/mol. The summed E-state index contributed by atoms with van der Waals surface area (Å²) in [5, 5.41) is -0.0496. The molecule has 0 fully saturated rings. The van der Waals surface area contributed by atoms with E-state index in [-0.39, 0.29) is 17.6 Å². The lowest BCUT2D eigenvalue weighted by atomic mass is 10.3. The molecule has 0 spiro atoms. The Hall–Kier alpha value is -0.320. The second-order valence-electron chi connectivity index (χ2n) is 2.22. The van der Waals surface area contributed by atoms with Crippen LogP contribution >= 0.6 is 27.5 Å². The van der Waals surface area contributed by atoms with Gasteiger partial charge in [0.1, 0.15) is 10.8 Å². The molecule has 0 bridgehead atoms. The van der Waals surface area contributed by atoms with Crippen LogP contribution < -0.4 is 4.74 Å². The van der Waals surface area contributed by atoms with Crippen LogP contribution in [-0.2, 0) is 4.74 Å². The molecule has 0 aliphatic rings. The van der Waals surface area contributed by atoms with Crippen molar-refractivity contribution in [2.45, 2.75) is 0 Å². The average Bonchev–Trinajstić information content (AvgIpc) is 2.13. The molecule has 0 aliphatic heterocycles. The van der Waals surface area contributed by atoms with Crippen LogP contribution in [0.15, 0.2) is 16.6 Å². The summed E-state index contributed by atoms with van der Waals surface area (Å²) in [6.45, 7) is 0.0425. The summed E-state index contributed by atoms with van der Waals surface area (Å²) in [6, 6.07) is 3.08. The molecule has 13 heavy (non-hydrogen) atoms. The molecule has 0 aromatic heterocycles. The van der Waals surface area contributed by atoms with Crippen molar-refractivity contribution < 1.29 is 13.9 Å². The third-order valence-corrected chi connectivity index (χ3v) is 2.30. The first kappa shape index (κ1) is 10.8. The lowest BCUT2D eigenvalue weighted by Gasteiger charge is -2.07. The van der Waals surface area contributed by atoms with E-state index in [1.807, 2.05) is 0 Å². The molecule has 1 aromatic rings. The van der Waals surface area contributed by atoms with Gasteiger partial charge in [-0.25, -0.2) is 4.39 Å². The van der Waals surface area contributed by atoms with Gasteiger partial charge < -0.3 is 9.47 Å². The van der Waals surface area contributed by atoms with E-state index >= 15 is 0 Å². The van der Waals surface area contributed by atoms with E-state index in [0.717, 1.165) is 0 Å². The van der Waals surface area contributed by atoms with Crippen LogP contribution in [0.3, 0.4) is 0 Å². The largest absolute Gasteiger partial charge is 0.466 e. The van der Waals surface area contributed by atoms with E-state index in [0.29, 0.717) is 4.47 Å². The summed E-state index contributed by atoms with van der Waals surface area (Å²) in [6.07, 6.45) is 0. The van der Waals surface area contributed by atoms with E-state index < -0.39 is 5.82 Å². The molecule has 0 atom stereocenters. The van der Waals surface area contributed by atoms with Gasteiger partial charge >= 0.3 is 0 Å². The molecule has 0 saturated heterocycles. The number of halogens is 3. The molecule has 0 radical (unpaired) electrons. The SMILES string of the molecule is COCOc1ccc(Br)c(F)c1Cl. The van der Waals surface area contributed by atoms with Crippen molar-refractivity contribution in [1.29, 1.82) is 0 Å². The second-order valence-corrected chi connectivity index (χ2v) is 3.46. The summed E-state index contributed by atoms with van der Waals surface area (Å²) in [5.41, 5.74) is 0. The van der Waals surface area contributed by atoms with E-state index in [2.05, 4.69) is 20.7 Å². The molecule has 5 heteroatoms. The second kappa shape index (κ2) is 4.79. The van der Waals surface area contributed by atoms with Gasteiger partial charge in [-0.1, -0.05) is 11.6 Å². The molecule has 0 N–H and O–H groups in total. The highest BCUT2D eigenvalue weighted by Gasteiger charge is 2.10. The van der Waals surface area contributed by atoms with E-state index in [4.69, 9.17) is 16.3 Å². The van der Waals surface area contributed by atoms with Crippen molar-refractivity contribution in [2.24, 2.45) is 0 Å². The number of ether oxygens (including phenoxy) is 2. The summed E-state index contributed by atoms with van der Waals surface area (Å²) in [5.74, 6) is -0.264. The molecule has 1 rings (SSSR count). The van der Waals surface area contributed by atoms with Gasteiger partial charge in [-0.2, -0.15) is 0 Å². The Bertz CT molecular complexity index is 306. The highest BCUT2D eigenvalue weighted by atomic mass is 79.9. The molecular formula is C8H7BrClFO2. The normalized spacial score (nSPS) is 10.2. The topological polar surface area (TPSA) is 18.5 Å². The molecule has 0 unspecified atom stereocenters. The fourth-order valence-electron chi connectivity index (χ4n) is 0.742. The number of rotatable bonds is 3. The van der Waals surface area contributed by atoms with Crippen LogP contribution in [0.2, 0.25) is 5.02 Å². The summed E-state index contributed by atoms with van der Waals surface area (Å²) in [4.78, 5) is 0. The number of benzene rings is 1. The van der Waals surface area contributed by atoms with Crippen LogP contribution in [0.1, 0.15) is 0 Å². The van der Waals surface area contributed by atoms with Gasteiger partial charge in [0.2, 0.25) is 0 Å². The molecule has 0 amide bonds. The van der Waals surface area contributed by atoms with Crippen molar-refractivity contribution in [1.82, 2.24) is 0 Å². The first-order chi connectivity index (χ1) is 6.16. The number of hydrogen-bond acceptors (Lipinski definition) is 2. The Kier molecular flexibility index (Phi) is 3.96. The fraction of sp³-hybridized carbons (Fsp3) is 0.250. The Morgan fingerprint density at radius 2 is 2.23 bits per heavy atom. The quantitative estimate of drug-likeness (QED) is 0.619. The third kappa shape index (κ3) is 2.56. The lowest BCUT2D eigenvalue weighted by Crippen LogP contribution is -2.00. The summed E-state index contributed by atoms with van der Waals surface area (Å²) in [7, 11) is 1.48. The fourth-order valence-corrected chi connectivity index (χ4v) is 1.41. The minimum Gasteiger partial charge on any atom is -0.466 e. The van der Waals surface area contributed by atoms with Crippen molar-refractivity contribution in [3.63, 3.8) is 0 Å². The van der Waals surface area contributed by atoms with Crippen LogP contribution in [0.25, 0.3) is 0 Å². The molecule has 0 saturated carbocycles. The van der Waals surface area contributed by atoms with Crippen molar-refractivity contribution in [3.05, 3.63) is 27.4 Å². The van der Waals surface area contributed by atoms with Crippen molar-refractivity contribution in [3.8, 4) is 5.75 Å². The first-order valence-corrected chi connectivity index (χ1v) is 4.59. The number of methoxy groups -OCH3 is 1. The average molecular weight is 269 g/mol. The highest BCUT2D eigenvalue weighted by molar-refractivity contribution is 9.10. The van der Waals surface area contributed by atoms with Gasteiger partial charge in [-0.3, -0.25) is 0 Å². The predicted molar refractivity (Wildman–Crippen MR) is 51.6 cm³/mol. The van der Waals surface area contributed by atoms with E-state index in [9.17, 15) is 4.39 Å². The summed E-state index contributed by atoms with van der Waals surface area (Å²) < 4.78 is 23.1. The van der Waals surface area contributed by atoms with Gasteiger partial charge in [0.25, 0.3) is 0 Å².